The Labute approximate surface area is 160 Å². The molecule has 0 saturated carbocycles. The van der Waals surface area contributed by atoms with Crippen molar-refractivity contribution in [3.05, 3.63) is 82.7 Å². The number of aromatic nitrogens is 1. The van der Waals surface area contributed by atoms with Gasteiger partial charge in [-0.2, -0.15) is 0 Å². The van der Waals surface area contributed by atoms with Crippen LogP contribution in [0.15, 0.2) is 71.4 Å². The van der Waals surface area contributed by atoms with Crippen molar-refractivity contribution in [2.45, 2.75) is 6.92 Å². The van der Waals surface area contributed by atoms with E-state index in [0.717, 1.165) is 26.7 Å². The molecule has 0 aliphatic rings. The van der Waals surface area contributed by atoms with Gasteiger partial charge in [-0.05, 0) is 24.4 Å². The molecule has 26 heavy (non-hydrogen) atoms. The standard InChI is InChI=1S/C21H16N2OS2/c1-14-8-10-15(11-9-14)21-23-18(13-26-21)20(24)22-17-6-3-2-5-16(17)19-7-4-12-25-19/h2-13H,1H3,(H,22,24). The van der Waals surface area contributed by atoms with Crippen LogP contribution in [-0.4, -0.2) is 10.9 Å². The Bertz CT molecular complexity index is 1030. The third-order valence-electron chi connectivity index (χ3n) is 4.00. The van der Waals surface area contributed by atoms with Crippen LogP contribution in [0.5, 0.6) is 0 Å². The summed E-state index contributed by atoms with van der Waals surface area (Å²) >= 11 is 3.13. The number of anilines is 1. The van der Waals surface area contributed by atoms with Crippen molar-refractivity contribution >= 4 is 34.3 Å². The maximum absolute atomic E-state index is 12.7. The van der Waals surface area contributed by atoms with Crippen molar-refractivity contribution in [2.75, 3.05) is 5.32 Å². The van der Waals surface area contributed by atoms with E-state index in [1.54, 1.807) is 16.7 Å². The zero-order valence-electron chi connectivity index (χ0n) is 14.1. The Morgan fingerprint density at radius 2 is 1.77 bits per heavy atom. The lowest BCUT2D eigenvalue weighted by molar-refractivity contribution is 0.102. The lowest BCUT2D eigenvalue weighted by Gasteiger charge is -2.08. The molecule has 2 heterocycles. The first-order chi connectivity index (χ1) is 12.7. The molecule has 2 aromatic carbocycles. The van der Waals surface area contributed by atoms with Crippen LogP contribution in [0, 0.1) is 6.92 Å². The Balaban J connectivity index is 1.58. The molecule has 4 aromatic rings. The molecule has 0 aliphatic heterocycles. The van der Waals surface area contributed by atoms with Crippen molar-refractivity contribution < 1.29 is 4.79 Å². The summed E-state index contributed by atoms with van der Waals surface area (Å²) in [5.74, 6) is -0.191. The van der Waals surface area contributed by atoms with Gasteiger partial charge in [-0.3, -0.25) is 4.79 Å². The molecule has 0 atom stereocenters. The van der Waals surface area contributed by atoms with Crippen LogP contribution in [0.4, 0.5) is 5.69 Å². The van der Waals surface area contributed by atoms with Gasteiger partial charge in [0.2, 0.25) is 0 Å². The molecule has 0 bridgehead atoms. The van der Waals surface area contributed by atoms with Crippen LogP contribution < -0.4 is 5.32 Å². The minimum Gasteiger partial charge on any atom is -0.320 e. The highest BCUT2D eigenvalue weighted by Crippen LogP contribution is 2.32. The van der Waals surface area contributed by atoms with Crippen LogP contribution in [0.3, 0.4) is 0 Å². The summed E-state index contributed by atoms with van der Waals surface area (Å²) in [5.41, 5.74) is 4.48. The second kappa shape index (κ2) is 7.23. The molecule has 0 unspecified atom stereocenters. The van der Waals surface area contributed by atoms with E-state index < -0.39 is 0 Å². The normalized spacial score (nSPS) is 10.7. The number of nitrogens with one attached hydrogen (secondary N) is 1. The highest BCUT2D eigenvalue weighted by Gasteiger charge is 2.14. The first-order valence-corrected chi connectivity index (χ1v) is 9.93. The third kappa shape index (κ3) is 3.45. The molecular formula is C21H16N2OS2. The van der Waals surface area contributed by atoms with Gasteiger partial charge in [-0.1, -0.05) is 54.1 Å². The molecule has 2 aromatic heterocycles. The van der Waals surface area contributed by atoms with E-state index >= 15 is 0 Å². The van der Waals surface area contributed by atoms with Gasteiger partial charge in [0.15, 0.2) is 0 Å². The van der Waals surface area contributed by atoms with Gasteiger partial charge in [0.05, 0.1) is 0 Å². The van der Waals surface area contributed by atoms with E-state index in [9.17, 15) is 4.79 Å². The van der Waals surface area contributed by atoms with Gasteiger partial charge < -0.3 is 5.32 Å². The fourth-order valence-electron chi connectivity index (χ4n) is 2.63. The Morgan fingerprint density at radius 3 is 2.54 bits per heavy atom. The molecular weight excluding hydrogens is 360 g/mol. The van der Waals surface area contributed by atoms with Crippen molar-refractivity contribution in [1.82, 2.24) is 4.98 Å². The molecule has 128 valence electrons. The van der Waals surface area contributed by atoms with Crippen LogP contribution in [0.1, 0.15) is 16.1 Å². The number of aryl methyl sites for hydroxylation is 1. The van der Waals surface area contributed by atoms with Gasteiger partial charge in [0.25, 0.3) is 5.91 Å². The van der Waals surface area contributed by atoms with Crippen LogP contribution in [0.2, 0.25) is 0 Å². The average molecular weight is 377 g/mol. The largest absolute Gasteiger partial charge is 0.320 e. The van der Waals surface area contributed by atoms with E-state index in [4.69, 9.17) is 0 Å². The maximum Gasteiger partial charge on any atom is 0.275 e. The van der Waals surface area contributed by atoms with Crippen molar-refractivity contribution in [1.29, 1.82) is 0 Å². The number of carbonyl (C=O) groups excluding carboxylic acids is 1. The molecule has 0 aliphatic carbocycles. The van der Waals surface area contributed by atoms with Crippen molar-refractivity contribution in [3.63, 3.8) is 0 Å². The average Bonchev–Trinajstić information content (AvgIpc) is 3.35. The van der Waals surface area contributed by atoms with Crippen LogP contribution in [0.25, 0.3) is 21.0 Å². The lowest BCUT2D eigenvalue weighted by atomic mass is 10.1. The summed E-state index contributed by atoms with van der Waals surface area (Å²) in [7, 11) is 0. The number of benzene rings is 2. The predicted molar refractivity (Wildman–Crippen MR) is 110 cm³/mol. The SMILES string of the molecule is Cc1ccc(-c2nc(C(=O)Nc3ccccc3-c3cccs3)cs2)cc1. The number of thiazole rings is 1. The number of thiophene rings is 1. The van der Waals surface area contributed by atoms with Gasteiger partial charge in [0.1, 0.15) is 10.7 Å². The van der Waals surface area contributed by atoms with Crippen molar-refractivity contribution in [2.24, 2.45) is 0 Å². The number of para-hydroxylation sites is 1. The predicted octanol–water partition coefficient (Wildman–Crippen LogP) is 6.10. The van der Waals surface area contributed by atoms with Crippen LogP contribution >= 0.6 is 22.7 Å². The summed E-state index contributed by atoms with van der Waals surface area (Å²) in [6.45, 7) is 2.05. The monoisotopic (exact) mass is 376 g/mol. The highest BCUT2D eigenvalue weighted by atomic mass is 32.1. The third-order valence-corrected chi connectivity index (χ3v) is 5.79. The Morgan fingerprint density at radius 1 is 0.962 bits per heavy atom. The minimum atomic E-state index is -0.191. The second-order valence-electron chi connectivity index (χ2n) is 5.88. The molecule has 0 saturated heterocycles. The summed E-state index contributed by atoms with van der Waals surface area (Å²) in [6.07, 6.45) is 0. The quantitative estimate of drug-likeness (QED) is 0.467. The first kappa shape index (κ1) is 16.7. The number of carbonyl (C=O) groups is 1. The number of nitrogens with zero attached hydrogens (tertiary/aromatic N) is 1. The fourth-order valence-corrected chi connectivity index (χ4v) is 4.20. The highest BCUT2D eigenvalue weighted by molar-refractivity contribution is 7.13. The number of amides is 1. The minimum absolute atomic E-state index is 0.191. The molecule has 4 rings (SSSR count). The van der Waals surface area contributed by atoms with E-state index in [1.807, 2.05) is 66.0 Å². The summed E-state index contributed by atoms with van der Waals surface area (Å²) in [5, 5.41) is 7.68. The molecule has 5 heteroatoms. The zero-order valence-corrected chi connectivity index (χ0v) is 15.7. The van der Waals surface area contributed by atoms with E-state index in [2.05, 4.69) is 17.2 Å². The van der Waals surface area contributed by atoms with E-state index in [-0.39, 0.29) is 5.91 Å². The molecule has 1 amide bonds. The van der Waals surface area contributed by atoms with Crippen LogP contribution in [-0.2, 0) is 0 Å². The lowest BCUT2D eigenvalue weighted by Crippen LogP contribution is -2.12. The topological polar surface area (TPSA) is 42.0 Å². The van der Waals surface area contributed by atoms with E-state index in [1.165, 1.54) is 16.9 Å². The molecule has 0 fully saturated rings. The van der Waals surface area contributed by atoms with Gasteiger partial charge in [-0.15, -0.1) is 22.7 Å². The van der Waals surface area contributed by atoms with Gasteiger partial charge in [0, 0.05) is 27.1 Å². The fraction of sp³-hybridized carbons (Fsp3) is 0.0476. The van der Waals surface area contributed by atoms with Crippen molar-refractivity contribution in [3.8, 4) is 21.0 Å². The summed E-state index contributed by atoms with van der Waals surface area (Å²) < 4.78 is 0. The van der Waals surface area contributed by atoms with Gasteiger partial charge >= 0.3 is 0 Å². The first-order valence-electron chi connectivity index (χ1n) is 8.17. The smallest absolute Gasteiger partial charge is 0.275 e. The zero-order chi connectivity index (χ0) is 17.9. The number of hydrogen-bond donors (Lipinski definition) is 1. The number of rotatable bonds is 4. The van der Waals surface area contributed by atoms with E-state index in [0.29, 0.717) is 5.69 Å². The Hall–Kier alpha value is -2.76. The molecule has 0 radical (unpaired) electrons. The summed E-state index contributed by atoms with van der Waals surface area (Å²) in [6, 6.07) is 20.0. The second-order valence-corrected chi connectivity index (χ2v) is 7.69. The summed E-state index contributed by atoms with van der Waals surface area (Å²) in [4.78, 5) is 18.3. The van der Waals surface area contributed by atoms with Gasteiger partial charge in [-0.25, -0.2) is 4.98 Å². The molecule has 0 spiro atoms. The molecule has 1 N–H and O–H groups in total. The number of hydrogen-bond acceptors (Lipinski definition) is 4. The molecule has 3 nitrogen and oxygen atoms in total. The maximum atomic E-state index is 12.7. The Kier molecular flexibility index (Phi) is 4.65.